The maximum Gasteiger partial charge on any atom is 0.155 e. The Kier molecular flexibility index (Phi) is 10.6. The van der Waals surface area contributed by atoms with Gasteiger partial charge in [0.25, 0.3) is 0 Å². The van der Waals surface area contributed by atoms with Crippen LogP contribution in [-0.4, -0.2) is 11.6 Å². The molecule has 0 rings (SSSR count). The predicted octanol–water partition coefficient (Wildman–Crippen LogP) is 7.62. The Bertz CT molecular complexity index is 546. The van der Waals surface area contributed by atoms with E-state index in [1.165, 1.54) is 0 Å². The van der Waals surface area contributed by atoms with Gasteiger partial charge in [-0.3, -0.25) is 9.59 Å². The van der Waals surface area contributed by atoms with Crippen molar-refractivity contribution in [2.24, 2.45) is 52.3 Å². The molecule has 29 heavy (non-hydrogen) atoms. The van der Waals surface area contributed by atoms with E-state index in [0.29, 0.717) is 36.0 Å². The van der Waals surface area contributed by atoms with Gasteiger partial charge in [-0.25, -0.2) is 0 Å². The van der Waals surface area contributed by atoms with Crippen molar-refractivity contribution < 1.29 is 9.59 Å². The highest BCUT2D eigenvalue weighted by Crippen LogP contribution is 2.37. The van der Waals surface area contributed by atoms with E-state index in [9.17, 15) is 9.59 Å². The number of Topliss-reactive ketones (excluding diaryl/α,β-unsaturated/α-hetero) is 1. The minimum absolute atomic E-state index is 0.0422. The molecule has 0 aromatic heterocycles. The van der Waals surface area contributed by atoms with Gasteiger partial charge >= 0.3 is 0 Å². The quantitative estimate of drug-likeness (QED) is 0.331. The van der Waals surface area contributed by atoms with Gasteiger partial charge in [0.1, 0.15) is 5.78 Å². The summed E-state index contributed by atoms with van der Waals surface area (Å²) in [5.41, 5.74) is -0.546. The number of hydrogen-bond acceptors (Lipinski definition) is 2. The summed E-state index contributed by atoms with van der Waals surface area (Å²) in [6, 6.07) is 0. The highest BCUT2D eigenvalue weighted by atomic mass is 16.1. The second kappa shape index (κ2) is 10.9. The van der Waals surface area contributed by atoms with Crippen molar-refractivity contribution in [1.29, 1.82) is 0 Å². The third-order valence-electron chi connectivity index (χ3n) is 7.74. The Labute approximate surface area is 182 Å². The fraction of sp³-hybridized carbons (Fsp3) is 0.852. The molecule has 0 bridgehead atoms. The van der Waals surface area contributed by atoms with E-state index in [2.05, 4.69) is 69.2 Å². The van der Waals surface area contributed by atoms with Crippen LogP contribution in [0.2, 0.25) is 0 Å². The summed E-state index contributed by atoms with van der Waals surface area (Å²) in [7, 11) is 0. The van der Waals surface area contributed by atoms with Crippen LogP contribution in [0.1, 0.15) is 96.4 Å². The average Bonchev–Trinajstić information content (AvgIpc) is 2.60. The van der Waals surface area contributed by atoms with E-state index >= 15 is 0 Å². The normalized spacial score (nSPS) is 18.7. The molecule has 0 aliphatic rings. The van der Waals surface area contributed by atoms with Gasteiger partial charge in [0, 0.05) is 17.8 Å². The van der Waals surface area contributed by atoms with Gasteiger partial charge in [0.15, 0.2) is 5.78 Å². The first-order chi connectivity index (χ1) is 12.9. The van der Waals surface area contributed by atoms with E-state index < -0.39 is 5.41 Å². The molecule has 4 atom stereocenters. The van der Waals surface area contributed by atoms with Crippen LogP contribution < -0.4 is 0 Å². The van der Waals surface area contributed by atoms with Gasteiger partial charge in [-0.05, 0) is 60.8 Å². The van der Waals surface area contributed by atoms with Crippen molar-refractivity contribution in [3.63, 3.8) is 0 Å². The number of hydrogen-bond donors (Lipinski definition) is 0. The largest absolute Gasteiger partial charge is 0.298 e. The number of carbonyl (C=O) groups is 2. The molecule has 2 nitrogen and oxygen atoms in total. The van der Waals surface area contributed by atoms with E-state index in [4.69, 9.17) is 0 Å². The summed E-state index contributed by atoms with van der Waals surface area (Å²) in [5.74, 6) is 3.05. The third kappa shape index (κ3) is 8.38. The molecule has 0 spiro atoms. The first-order valence-electron chi connectivity index (χ1n) is 11.7. The van der Waals surface area contributed by atoms with E-state index in [1.54, 1.807) is 6.08 Å². The van der Waals surface area contributed by atoms with Crippen molar-refractivity contribution >= 4 is 11.6 Å². The summed E-state index contributed by atoms with van der Waals surface area (Å²) in [6.45, 7) is 28.1. The molecule has 0 aliphatic heterocycles. The number of rotatable bonds is 11. The minimum Gasteiger partial charge on any atom is -0.298 e. The molecule has 0 N–H and O–H groups in total. The summed E-state index contributed by atoms with van der Waals surface area (Å²) in [5, 5.41) is 0. The Balaban J connectivity index is 5.35. The fourth-order valence-electron chi connectivity index (χ4n) is 4.09. The maximum atomic E-state index is 13.1. The monoisotopic (exact) mass is 406 g/mol. The molecule has 0 fully saturated rings. The molecule has 0 radical (unpaired) electrons. The minimum atomic E-state index is -0.628. The van der Waals surface area contributed by atoms with Crippen molar-refractivity contribution in [3.05, 3.63) is 12.2 Å². The van der Waals surface area contributed by atoms with Gasteiger partial charge in [-0.15, -0.1) is 0 Å². The lowest BCUT2D eigenvalue weighted by atomic mass is 9.69. The Hall–Kier alpha value is -0.920. The van der Waals surface area contributed by atoms with Crippen molar-refractivity contribution in [3.8, 4) is 0 Å². The summed E-state index contributed by atoms with van der Waals surface area (Å²) < 4.78 is 0. The highest BCUT2D eigenvalue weighted by molar-refractivity contribution is 5.93. The van der Waals surface area contributed by atoms with Crippen LogP contribution in [0.3, 0.4) is 0 Å². The molecule has 2 heteroatoms. The molecule has 0 aliphatic carbocycles. The van der Waals surface area contributed by atoms with Crippen molar-refractivity contribution in [2.75, 3.05) is 0 Å². The molecule has 0 saturated heterocycles. The number of carbonyl (C=O) groups excluding carboxylic acids is 2. The fourth-order valence-corrected chi connectivity index (χ4v) is 4.09. The van der Waals surface area contributed by atoms with Crippen LogP contribution in [0.15, 0.2) is 12.2 Å². The predicted molar refractivity (Wildman–Crippen MR) is 127 cm³/mol. The maximum absolute atomic E-state index is 13.1. The SMILES string of the molecule is CC(C)C(C)C(CC(=O)/C=C/C(C)(C)C(=O)C(C)C(C)C(C)(C)C)C(C)C(C)C. The first kappa shape index (κ1) is 28.1. The Morgan fingerprint density at radius 2 is 1.17 bits per heavy atom. The van der Waals surface area contributed by atoms with Crippen molar-refractivity contribution in [1.82, 2.24) is 0 Å². The zero-order chi connectivity index (χ0) is 23.3. The summed E-state index contributed by atoms with van der Waals surface area (Å²) in [6.07, 6.45) is 4.09. The van der Waals surface area contributed by atoms with E-state index in [0.717, 1.165) is 0 Å². The molecule has 170 valence electrons. The van der Waals surface area contributed by atoms with E-state index in [1.807, 2.05) is 26.8 Å². The van der Waals surface area contributed by atoms with Gasteiger partial charge in [-0.2, -0.15) is 0 Å². The Morgan fingerprint density at radius 1 is 0.759 bits per heavy atom. The van der Waals surface area contributed by atoms with Crippen LogP contribution in [0.5, 0.6) is 0 Å². The molecule has 0 saturated carbocycles. The van der Waals surface area contributed by atoms with Gasteiger partial charge in [-0.1, -0.05) is 82.2 Å². The lowest BCUT2D eigenvalue weighted by molar-refractivity contribution is -0.131. The first-order valence-corrected chi connectivity index (χ1v) is 11.7. The van der Waals surface area contributed by atoms with Crippen LogP contribution in [0, 0.1) is 52.3 Å². The lowest BCUT2D eigenvalue weighted by Gasteiger charge is -2.35. The lowest BCUT2D eigenvalue weighted by Crippen LogP contribution is -2.36. The molecular weight excluding hydrogens is 356 g/mol. The van der Waals surface area contributed by atoms with Crippen molar-refractivity contribution in [2.45, 2.75) is 96.4 Å². The van der Waals surface area contributed by atoms with Crippen LogP contribution in [0.25, 0.3) is 0 Å². The van der Waals surface area contributed by atoms with E-state index in [-0.39, 0.29) is 28.8 Å². The molecule has 4 unspecified atom stereocenters. The zero-order valence-corrected chi connectivity index (χ0v) is 21.7. The Morgan fingerprint density at radius 3 is 1.52 bits per heavy atom. The van der Waals surface area contributed by atoms with Gasteiger partial charge in [0.05, 0.1) is 0 Å². The van der Waals surface area contributed by atoms with Gasteiger partial charge < -0.3 is 0 Å². The second-order valence-corrected chi connectivity index (χ2v) is 11.9. The molecular formula is C27H50O2. The molecule has 0 heterocycles. The third-order valence-corrected chi connectivity index (χ3v) is 7.74. The topological polar surface area (TPSA) is 34.1 Å². The average molecular weight is 407 g/mol. The standard InChI is InChI=1S/C27H50O2/c1-17(2)19(5)24(20(6)18(3)4)16-23(28)14-15-27(12,13)25(29)21(7)22(8)26(9,10)11/h14-15,17-22,24H,16H2,1-13H3/b15-14+. The van der Waals surface area contributed by atoms with Gasteiger partial charge in [0.2, 0.25) is 0 Å². The van der Waals surface area contributed by atoms with Crippen LogP contribution >= 0.6 is 0 Å². The molecule has 0 amide bonds. The van der Waals surface area contributed by atoms with Crippen LogP contribution in [-0.2, 0) is 9.59 Å². The highest BCUT2D eigenvalue weighted by Gasteiger charge is 2.36. The molecule has 0 aromatic rings. The zero-order valence-electron chi connectivity index (χ0n) is 21.7. The molecule has 0 aromatic carbocycles. The summed E-state index contributed by atoms with van der Waals surface area (Å²) in [4.78, 5) is 26.0. The number of allylic oxidation sites excluding steroid dienone is 2. The second-order valence-electron chi connectivity index (χ2n) is 11.9. The summed E-state index contributed by atoms with van der Waals surface area (Å²) >= 11 is 0. The van der Waals surface area contributed by atoms with Crippen LogP contribution in [0.4, 0.5) is 0 Å². The number of ketones is 2. The smallest absolute Gasteiger partial charge is 0.155 e.